The summed E-state index contributed by atoms with van der Waals surface area (Å²) < 4.78 is 44.3. The van der Waals surface area contributed by atoms with Gasteiger partial charge in [0, 0.05) is 16.1 Å². The molecule has 0 aliphatic rings. The van der Waals surface area contributed by atoms with Crippen molar-refractivity contribution in [3.8, 4) is 11.4 Å². The van der Waals surface area contributed by atoms with Gasteiger partial charge in [-0.2, -0.15) is 18.2 Å². The molecular formula is C17H10BrF3N2O. The molecule has 3 nitrogen and oxygen atoms in total. The number of benzene rings is 2. The molecule has 0 aliphatic carbocycles. The molecule has 0 N–H and O–H groups in total. The van der Waals surface area contributed by atoms with Crippen molar-refractivity contribution in [2.45, 2.75) is 6.18 Å². The molecule has 1 aromatic heterocycles. The lowest BCUT2D eigenvalue weighted by Gasteiger charge is -2.06. The number of alkyl halides is 3. The van der Waals surface area contributed by atoms with E-state index in [1.54, 1.807) is 12.2 Å². The first kappa shape index (κ1) is 16.4. The third kappa shape index (κ3) is 3.91. The van der Waals surface area contributed by atoms with Gasteiger partial charge in [-0.25, -0.2) is 0 Å². The average Bonchev–Trinajstić information content (AvgIpc) is 3.03. The highest BCUT2D eigenvalue weighted by Gasteiger charge is 2.30. The number of hydrogen-bond acceptors (Lipinski definition) is 3. The third-order valence-corrected chi connectivity index (χ3v) is 3.71. The van der Waals surface area contributed by atoms with E-state index in [0.29, 0.717) is 0 Å². The Morgan fingerprint density at radius 1 is 1.00 bits per heavy atom. The summed E-state index contributed by atoms with van der Waals surface area (Å²) in [5, 5.41) is 3.72. The van der Waals surface area contributed by atoms with E-state index in [2.05, 4.69) is 26.1 Å². The summed E-state index contributed by atoms with van der Waals surface area (Å²) in [6.45, 7) is 0. The van der Waals surface area contributed by atoms with Crippen molar-refractivity contribution in [3.05, 3.63) is 70.0 Å². The molecule has 0 fully saturated rings. The third-order valence-electron chi connectivity index (χ3n) is 3.18. The fraction of sp³-hybridized carbons (Fsp3) is 0.0588. The van der Waals surface area contributed by atoms with E-state index in [1.807, 2.05) is 24.3 Å². The van der Waals surface area contributed by atoms with Crippen LogP contribution in [-0.4, -0.2) is 10.1 Å². The Kier molecular flexibility index (Phi) is 4.53. The molecule has 0 saturated carbocycles. The Hall–Kier alpha value is -2.41. The smallest absolute Gasteiger partial charge is 0.334 e. The minimum atomic E-state index is -4.41. The van der Waals surface area contributed by atoms with Crippen molar-refractivity contribution in [3.63, 3.8) is 0 Å². The Labute approximate surface area is 143 Å². The second-order valence-corrected chi connectivity index (χ2v) is 5.84. The number of nitrogens with zero attached hydrogens (tertiary/aromatic N) is 2. The molecule has 0 bridgehead atoms. The van der Waals surface area contributed by atoms with Crippen LogP contribution in [0.15, 0.2) is 57.5 Å². The first-order valence-electron chi connectivity index (χ1n) is 6.87. The van der Waals surface area contributed by atoms with Crippen LogP contribution in [0.25, 0.3) is 23.5 Å². The summed E-state index contributed by atoms with van der Waals surface area (Å²) in [5.74, 6) is 0.321. The summed E-state index contributed by atoms with van der Waals surface area (Å²) in [4.78, 5) is 4.10. The van der Waals surface area contributed by atoms with Gasteiger partial charge >= 0.3 is 6.18 Å². The van der Waals surface area contributed by atoms with Gasteiger partial charge in [-0.15, -0.1) is 0 Å². The maximum Gasteiger partial charge on any atom is 0.416 e. The normalized spacial score (nSPS) is 12.0. The zero-order valence-electron chi connectivity index (χ0n) is 12.1. The monoisotopic (exact) mass is 394 g/mol. The first-order chi connectivity index (χ1) is 11.4. The van der Waals surface area contributed by atoms with Gasteiger partial charge in [-0.3, -0.25) is 0 Å². The van der Waals surface area contributed by atoms with Crippen LogP contribution < -0.4 is 0 Å². The van der Waals surface area contributed by atoms with Crippen molar-refractivity contribution < 1.29 is 17.7 Å². The largest absolute Gasteiger partial charge is 0.416 e. The molecule has 0 amide bonds. The minimum absolute atomic E-state index is 0.108. The van der Waals surface area contributed by atoms with E-state index in [1.165, 1.54) is 12.1 Å². The fourth-order valence-corrected chi connectivity index (χ4v) is 2.26. The number of halogens is 4. The van der Waals surface area contributed by atoms with E-state index < -0.39 is 11.7 Å². The number of aromatic nitrogens is 2. The zero-order valence-corrected chi connectivity index (χ0v) is 13.7. The lowest BCUT2D eigenvalue weighted by Crippen LogP contribution is -2.04. The average molecular weight is 395 g/mol. The molecule has 7 heteroatoms. The van der Waals surface area contributed by atoms with Gasteiger partial charge in [0.2, 0.25) is 5.82 Å². The maximum absolute atomic E-state index is 12.7. The predicted molar refractivity (Wildman–Crippen MR) is 87.8 cm³/mol. The molecule has 0 unspecified atom stereocenters. The minimum Gasteiger partial charge on any atom is -0.334 e. The summed E-state index contributed by atoms with van der Waals surface area (Å²) >= 11 is 3.35. The zero-order chi connectivity index (χ0) is 17.2. The Morgan fingerprint density at radius 3 is 2.46 bits per heavy atom. The fourth-order valence-electron chi connectivity index (χ4n) is 2.00. The summed E-state index contributed by atoms with van der Waals surface area (Å²) in [6.07, 6.45) is -1.03. The molecule has 2 aromatic carbocycles. The van der Waals surface area contributed by atoms with Crippen LogP contribution in [0.5, 0.6) is 0 Å². The highest BCUT2D eigenvalue weighted by atomic mass is 79.9. The van der Waals surface area contributed by atoms with Gasteiger partial charge < -0.3 is 4.52 Å². The molecule has 122 valence electrons. The van der Waals surface area contributed by atoms with Crippen molar-refractivity contribution in [2.75, 3.05) is 0 Å². The highest BCUT2D eigenvalue weighted by molar-refractivity contribution is 9.10. The molecule has 0 atom stereocenters. The maximum atomic E-state index is 12.7. The topological polar surface area (TPSA) is 38.9 Å². The standard InChI is InChI=1S/C17H10BrF3N2O/c18-14-7-4-11(5-8-14)6-9-15-22-16(23-24-15)12-2-1-3-13(10-12)17(19,20)21/h1-10H. The van der Waals surface area contributed by atoms with Gasteiger partial charge in [0.25, 0.3) is 5.89 Å². The highest BCUT2D eigenvalue weighted by Crippen LogP contribution is 2.31. The van der Waals surface area contributed by atoms with Gasteiger partial charge in [0.05, 0.1) is 5.56 Å². The summed E-state index contributed by atoms with van der Waals surface area (Å²) in [7, 11) is 0. The Morgan fingerprint density at radius 2 is 1.75 bits per heavy atom. The molecule has 0 saturated heterocycles. The van der Waals surface area contributed by atoms with Crippen LogP contribution in [0.1, 0.15) is 17.0 Å². The molecule has 0 spiro atoms. The molecule has 0 aliphatic heterocycles. The van der Waals surface area contributed by atoms with Crippen LogP contribution in [0.4, 0.5) is 13.2 Å². The molecule has 1 heterocycles. The number of hydrogen-bond donors (Lipinski definition) is 0. The predicted octanol–water partition coefficient (Wildman–Crippen LogP) is 5.69. The van der Waals surface area contributed by atoms with E-state index in [9.17, 15) is 13.2 Å². The van der Waals surface area contributed by atoms with Gasteiger partial charge in [0.15, 0.2) is 0 Å². The van der Waals surface area contributed by atoms with Crippen LogP contribution in [0, 0.1) is 0 Å². The Bertz CT molecular complexity index is 870. The van der Waals surface area contributed by atoms with Crippen LogP contribution in [0.2, 0.25) is 0 Å². The van der Waals surface area contributed by atoms with E-state index in [0.717, 1.165) is 22.2 Å². The van der Waals surface area contributed by atoms with Crippen LogP contribution in [0.3, 0.4) is 0 Å². The SMILES string of the molecule is FC(F)(F)c1cccc(-c2noc(C=Cc3ccc(Br)cc3)n2)c1. The lowest BCUT2D eigenvalue weighted by molar-refractivity contribution is -0.137. The molecule has 24 heavy (non-hydrogen) atoms. The van der Waals surface area contributed by atoms with Crippen molar-refractivity contribution in [2.24, 2.45) is 0 Å². The van der Waals surface area contributed by atoms with Gasteiger partial charge in [-0.05, 0) is 35.9 Å². The van der Waals surface area contributed by atoms with Crippen molar-refractivity contribution >= 4 is 28.1 Å². The van der Waals surface area contributed by atoms with E-state index >= 15 is 0 Å². The Balaban J connectivity index is 1.82. The van der Waals surface area contributed by atoms with Crippen LogP contribution in [-0.2, 0) is 6.18 Å². The quantitative estimate of drug-likeness (QED) is 0.572. The van der Waals surface area contributed by atoms with E-state index in [-0.39, 0.29) is 17.3 Å². The lowest BCUT2D eigenvalue weighted by atomic mass is 10.1. The number of rotatable bonds is 3. The van der Waals surface area contributed by atoms with E-state index in [4.69, 9.17) is 4.52 Å². The molecular weight excluding hydrogens is 385 g/mol. The summed E-state index contributed by atoms with van der Waals surface area (Å²) in [6, 6.07) is 12.4. The van der Waals surface area contributed by atoms with Gasteiger partial charge in [0.1, 0.15) is 0 Å². The van der Waals surface area contributed by atoms with Crippen molar-refractivity contribution in [1.82, 2.24) is 10.1 Å². The van der Waals surface area contributed by atoms with Crippen LogP contribution >= 0.6 is 15.9 Å². The second kappa shape index (κ2) is 6.60. The molecule has 0 radical (unpaired) electrons. The summed E-state index contributed by atoms with van der Waals surface area (Å²) in [5.41, 5.74) is 0.422. The van der Waals surface area contributed by atoms with Gasteiger partial charge in [-0.1, -0.05) is 45.4 Å². The second-order valence-electron chi connectivity index (χ2n) is 4.92. The molecule has 3 aromatic rings. The first-order valence-corrected chi connectivity index (χ1v) is 7.66. The van der Waals surface area contributed by atoms with Crippen molar-refractivity contribution in [1.29, 1.82) is 0 Å². The molecule has 3 rings (SSSR count).